The minimum absolute atomic E-state index is 0.122. The van der Waals surface area contributed by atoms with Crippen molar-refractivity contribution in [1.29, 1.82) is 0 Å². The molecule has 0 aliphatic rings. The van der Waals surface area contributed by atoms with E-state index >= 15 is 0 Å². The first-order valence-corrected chi connectivity index (χ1v) is 9.18. The highest BCUT2D eigenvalue weighted by Crippen LogP contribution is 2.18. The van der Waals surface area contributed by atoms with Crippen LogP contribution < -0.4 is 5.43 Å². The number of amides is 1. The van der Waals surface area contributed by atoms with Gasteiger partial charge in [0.05, 0.1) is 10.9 Å². The summed E-state index contributed by atoms with van der Waals surface area (Å²) in [4.78, 5) is 27.4. The van der Waals surface area contributed by atoms with Crippen LogP contribution in [0.2, 0.25) is 5.02 Å². The summed E-state index contributed by atoms with van der Waals surface area (Å²) >= 11 is 6.21. The van der Waals surface area contributed by atoms with Crippen LogP contribution in [0, 0.1) is 5.82 Å². The summed E-state index contributed by atoms with van der Waals surface area (Å²) in [5.41, 5.74) is 0.361. The lowest BCUT2D eigenvalue weighted by molar-refractivity contribution is 0.0753. The number of nitrogens with zero attached hydrogens (tertiary/aromatic N) is 3. The number of rotatable bonds is 6. The molecule has 1 heterocycles. The number of fused-ring (bicyclic) bond motifs is 1. The molecule has 28 heavy (non-hydrogen) atoms. The van der Waals surface area contributed by atoms with Crippen LogP contribution in [0.3, 0.4) is 0 Å². The largest absolute Gasteiger partial charge is 0.329 e. The molecule has 0 bridgehead atoms. The lowest BCUT2D eigenvalue weighted by Crippen LogP contribution is -2.36. The first-order valence-electron chi connectivity index (χ1n) is 8.80. The summed E-state index contributed by atoms with van der Waals surface area (Å²) in [6.45, 7) is 6.34. The van der Waals surface area contributed by atoms with E-state index in [4.69, 9.17) is 11.6 Å². The Morgan fingerprint density at radius 3 is 2.75 bits per heavy atom. The molecule has 0 atom stereocenters. The lowest BCUT2D eigenvalue weighted by Gasteiger charge is -2.22. The summed E-state index contributed by atoms with van der Waals surface area (Å²) < 4.78 is 15.2. The van der Waals surface area contributed by atoms with Gasteiger partial charge in [-0.15, -0.1) is 6.58 Å². The van der Waals surface area contributed by atoms with Gasteiger partial charge >= 0.3 is 0 Å². The first kappa shape index (κ1) is 19.8. The highest BCUT2D eigenvalue weighted by Gasteiger charge is 2.23. The smallest absolute Gasteiger partial charge is 0.278 e. The molecule has 0 saturated carbocycles. The van der Waals surface area contributed by atoms with E-state index in [9.17, 15) is 14.0 Å². The van der Waals surface area contributed by atoms with E-state index in [0.717, 1.165) is 11.6 Å². The van der Waals surface area contributed by atoms with Crippen LogP contribution in [0.4, 0.5) is 4.39 Å². The van der Waals surface area contributed by atoms with Crippen molar-refractivity contribution in [1.82, 2.24) is 14.7 Å². The molecule has 7 heteroatoms. The lowest BCUT2D eigenvalue weighted by atomic mass is 10.1. The first-order chi connectivity index (χ1) is 13.5. The molecular formula is C21H19ClFN3O2. The van der Waals surface area contributed by atoms with Crippen molar-refractivity contribution < 1.29 is 9.18 Å². The normalized spacial score (nSPS) is 10.8. The van der Waals surface area contributed by atoms with Gasteiger partial charge in [0, 0.05) is 24.7 Å². The van der Waals surface area contributed by atoms with Crippen molar-refractivity contribution in [3.8, 4) is 0 Å². The molecule has 3 aromatic rings. The quantitative estimate of drug-likeness (QED) is 0.588. The molecule has 0 spiro atoms. The SMILES string of the molecule is C=CCN(Cc1ccccc1Cl)C(=O)c1nn(CC)c2ccc(F)cc2c1=O. The van der Waals surface area contributed by atoms with Gasteiger partial charge in [-0.2, -0.15) is 5.10 Å². The van der Waals surface area contributed by atoms with Crippen LogP contribution in [-0.2, 0) is 13.1 Å². The third-order valence-electron chi connectivity index (χ3n) is 4.37. The summed E-state index contributed by atoms with van der Waals surface area (Å²) in [7, 11) is 0. The minimum atomic E-state index is -0.600. The van der Waals surface area contributed by atoms with Crippen LogP contribution >= 0.6 is 11.6 Å². The molecule has 0 aliphatic carbocycles. The molecule has 5 nitrogen and oxygen atoms in total. The number of hydrogen-bond acceptors (Lipinski definition) is 3. The van der Waals surface area contributed by atoms with E-state index in [1.807, 2.05) is 13.0 Å². The van der Waals surface area contributed by atoms with Gasteiger partial charge in [-0.25, -0.2) is 4.39 Å². The van der Waals surface area contributed by atoms with E-state index in [2.05, 4.69) is 11.7 Å². The zero-order valence-electron chi connectivity index (χ0n) is 15.4. The highest BCUT2D eigenvalue weighted by atomic mass is 35.5. The van der Waals surface area contributed by atoms with E-state index in [1.54, 1.807) is 24.3 Å². The Morgan fingerprint density at radius 2 is 2.07 bits per heavy atom. The predicted octanol–water partition coefficient (Wildman–Crippen LogP) is 4.04. The number of aryl methyl sites for hydroxylation is 1. The van der Waals surface area contributed by atoms with Gasteiger partial charge in [-0.1, -0.05) is 35.9 Å². The number of aromatic nitrogens is 2. The Kier molecular flexibility index (Phi) is 5.90. The molecular weight excluding hydrogens is 381 g/mol. The summed E-state index contributed by atoms with van der Waals surface area (Å²) in [5, 5.41) is 4.88. The topological polar surface area (TPSA) is 55.2 Å². The second-order valence-corrected chi connectivity index (χ2v) is 6.63. The van der Waals surface area contributed by atoms with Crippen molar-refractivity contribution in [2.24, 2.45) is 0 Å². The maximum Gasteiger partial charge on any atom is 0.278 e. The van der Waals surface area contributed by atoms with Gasteiger partial charge < -0.3 is 4.90 Å². The number of hydrogen-bond donors (Lipinski definition) is 0. The third kappa shape index (κ3) is 3.82. The summed E-state index contributed by atoms with van der Waals surface area (Å²) in [5.74, 6) is -1.10. The Labute approximate surface area is 166 Å². The molecule has 0 saturated heterocycles. The Balaban J connectivity index is 2.09. The van der Waals surface area contributed by atoms with Crippen LogP contribution in [0.25, 0.3) is 10.9 Å². The zero-order chi connectivity index (χ0) is 20.3. The average Bonchev–Trinajstić information content (AvgIpc) is 2.69. The van der Waals surface area contributed by atoms with Crippen molar-refractivity contribution >= 4 is 28.4 Å². The molecule has 144 valence electrons. The number of halogens is 2. The molecule has 0 fully saturated rings. The molecule has 3 rings (SSSR count). The van der Waals surface area contributed by atoms with Gasteiger partial charge in [-0.3, -0.25) is 14.3 Å². The van der Waals surface area contributed by atoms with Gasteiger partial charge in [0.15, 0.2) is 5.69 Å². The van der Waals surface area contributed by atoms with Gasteiger partial charge in [0.25, 0.3) is 5.91 Å². The predicted molar refractivity (Wildman–Crippen MR) is 108 cm³/mol. The van der Waals surface area contributed by atoms with E-state index < -0.39 is 17.2 Å². The standard InChI is InChI=1S/C21H19ClFN3O2/c1-3-11-25(13-14-7-5-6-8-17(14)22)21(28)19-20(27)16-12-15(23)9-10-18(16)26(4-2)24-19/h3,5-10,12H,1,4,11,13H2,2H3. The van der Waals surface area contributed by atoms with Crippen molar-refractivity contribution in [3.05, 3.63) is 87.4 Å². The number of carbonyl (C=O) groups excluding carboxylic acids is 1. The maximum atomic E-state index is 13.7. The number of carbonyl (C=O) groups is 1. The fraction of sp³-hybridized carbons (Fsp3) is 0.190. The Morgan fingerprint density at radius 1 is 1.32 bits per heavy atom. The summed E-state index contributed by atoms with van der Waals surface area (Å²) in [6, 6.07) is 11.0. The van der Waals surface area contributed by atoms with Crippen molar-refractivity contribution in [2.45, 2.75) is 20.0 Å². The Hall–Kier alpha value is -2.99. The van der Waals surface area contributed by atoms with Crippen LogP contribution in [0.1, 0.15) is 23.0 Å². The molecule has 0 N–H and O–H groups in total. The molecule has 1 amide bonds. The molecule has 0 radical (unpaired) electrons. The maximum absolute atomic E-state index is 13.7. The van der Waals surface area contributed by atoms with Gasteiger partial charge in [0.2, 0.25) is 5.43 Å². The molecule has 2 aromatic carbocycles. The molecule has 0 aliphatic heterocycles. The average molecular weight is 400 g/mol. The van der Waals surface area contributed by atoms with Crippen LogP contribution in [-0.4, -0.2) is 27.1 Å². The Bertz CT molecular complexity index is 1110. The summed E-state index contributed by atoms with van der Waals surface area (Å²) in [6.07, 6.45) is 1.56. The fourth-order valence-corrected chi connectivity index (χ4v) is 3.20. The molecule has 0 unspecified atom stereocenters. The highest BCUT2D eigenvalue weighted by molar-refractivity contribution is 6.31. The third-order valence-corrected chi connectivity index (χ3v) is 4.74. The fourth-order valence-electron chi connectivity index (χ4n) is 3.00. The van der Waals surface area contributed by atoms with E-state index in [0.29, 0.717) is 17.1 Å². The van der Waals surface area contributed by atoms with Crippen LogP contribution in [0.15, 0.2) is 59.9 Å². The minimum Gasteiger partial charge on any atom is -0.329 e. The second-order valence-electron chi connectivity index (χ2n) is 6.22. The number of benzene rings is 2. The van der Waals surface area contributed by atoms with Crippen molar-refractivity contribution in [2.75, 3.05) is 6.54 Å². The monoisotopic (exact) mass is 399 g/mol. The van der Waals surface area contributed by atoms with Gasteiger partial charge in [0.1, 0.15) is 5.82 Å². The van der Waals surface area contributed by atoms with E-state index in [-0.39, 0.29) is 24.2 Å². The van der Waals surface area contributed by atoms with Crippen LogP contribution in [0.5, 0.6) is 0 Å². The van der Waals surface area contributed by atoms with Gasteiger partial charge in [-0.05, 0) is 36.8 Å². The molecule has 1 aromatic heterocycles. The van der Waals surface area contributed by atoms with E-state index in [1.165, 1.54) is 21.7 Å². The second kappa shape index (κ2) is 8.35. The van der Waals surface area contributed by atoms with Crippen molar-refractivity contribution in [3.63, 3.8) is 0 Å². The zero-order valence-corrected chi connectivity index (χ0v) is 16.1.